The topological polar surface area (TPSA) is 47.5 Å². The summed E-state index contributed by atoms with van der Waals surface area (Å²) in [6.45, 7) is 0. The molecule has 118 valence electrons. The molecule has 25 heavy (non-hydrogen) atoms. The van der Waals surface area contributed by atoms with E-state index >= 15 is 0 Å². The van der Waals surface area contributed by atoms with Crippen molar-refractivity contribution in [3.05, 3.63) is 71.0 Å². The lowest BCUT2D eigenvalue weighted by Gasteiger charge is -2.01. The third-order valence-corrected chi connectivity index (χ3v) is 5.79. The molecule has 0 unspecified atom stereocenters. The zero-order valence-corrected chi connectivity index (χ0v) is 13.7. The van der Waals surface area contributed by atoms with Gasteiger partial charge < -0.3 is 4.42 Å². The molecule has 0 aliphatic rings. The van der Waals surface area contributed by atoms with E-state index in [9.17, 15) is 4.79 Å². The average Bonchev–Trinajstić information content (AvgIpc) is 3.19. The molecule has 0 aliphatic carbocycles. The molecule has 5 heteroatoms. The molecule has 0 fully saturated rings. The predicted octanol–water partition coefficient (Wildman–Crippen LogP) is 4.96. The van der Waals surface area contributed by atoms with Gasteiger partial charge in [-0.2, -0.15) is 4.98 Å². The molecule has 0 N–H and O–H groups in total. The molecule has 0 radical (unpaired) electrons. The lowest BCUT2D eigenvalue weighted by Crippen LogP contribution is -2.12. The van der Waals surface area contributed by atoms with Crippen molar-refractivity contribution >= 4 is 59.4 Å². The highest BCUT2D eigenvalue weighted by atomic mass is 32.1. The van der Waals surface area contributed by atoms with Crippen molar-refractivity contribution in [1.29, 1.82) is 0 Å². The van der Waals surface area contributed by atoms with E-state index in [0.29, 0.717) is 16.8 Å². The van der Waals surface area contributed by atoms with Gasteiger partial charge in [-0.05, 0) is 30.3 Å². The SMILES string of the molecule is O=c1c2c(ccc3sc4ccccc4c32)oc2nc3ccccc3n12. The standard InChI is InChI=1S/C20H10N2O2S/c23-19-18-14(24-20-21-12-6-2-3-7-13(12)22(19)20)9-10-16-17(18)11-5-1-4-8-15(11)25-16/h1-10H. The molecule has 6 aromatic rings. The highest BCUT2D eigenvalue weighted by Gasteiger charge is 2.17. The van der Waals surface area contributed by atoms with Crippen molar-refractivity contribution in [1.82, 2.24) is 9.38 Å². The Morgan fingerprint density at radius 3 is 2.68 bits per heavy atom. The summed E-state index contributed by atoms with van der Waals surface area (Å²) in [5.74, 6) is 0.331. The van der Waals surface area contributed by atoms with E-state index in [2.05, 4.69) is 17.1 Å². The molecule has 0 saturated heterocycles. The summed E-state index contributed by atoms with van der Waals surface area (Å²) in [6.07, 6.45) is 0. The van der Waals surface area contributed by atoms with Crippen LogP contribution in [0.15, 0.2) is 69.9 Å². The summed E-state index contributed by atoms with van der Waals surface area (Å²) in [5.41, 5.74) is 2.01. The minimum Gasteiger partial charge on any atom is -0.424 e. The van der Waals surface area contributed by atoms with Gasteiger partial charge in [0.25, 0.3) is 5.56 Å². The monoisotopic (exact) mass is 342 g/mol. The number of hydrogen-bond donors (Lipinski definition) is 0. The van der Waals surface area contributed by atoms with Gasteiger partial charge in [0.1, 0.15) is 5.58 Å². The third kappa shape index (κ3) is 1.60. The van der Waals surface area contributed by atoms with Gasteiger partial charge in [0.2, 0.25) is 0 Å². The Labute approximate surface area is 144 Å². The van der Waals surface area contributed by atoms with Gasteiger partial charge in [-0.15, -0.1) is 11.3 Å². The zero-order valence-electron chi connectivity index (χ0n) is 12.9. The number of thiophene rings is 1. The van der Waals surface area contributed by atoms with Gasteiger partial charge in [-0.3, -0.25) is 4.79 Å². The van der Waals surface area contributed by atoms with Crippen LogP contribution in [0.3, 0.4) is 0 Å². The molecule has 0 bridgehead atoms. The van der Waals surface area contributed by atoms with Gasteiger partial charge in [0.15, 0.2) is 0 Å². The molecular weight excluding hydrogens is 332 g/mol. The largest absolute Gasteiger partial charge is 0.424 e. The molecule has 3 aromatic carbocycles. The Hall–Kier alpha value is -3.18. The van der Waals surface area contributed by atoms with Gasteiger partial charge in [0, 0.05) is 20.2 Å². The van der Waals surface area contributed by atoms with Crippen LogP contribution in [0.1, 0.15) is 0 Å². The van der Waals surface area contributed by atoms with E-state index in [4.69, 9.17) is 4.42 Å². The quantitative estimate of drug-likeness (QED) is 0.392. The van der Waals surface area contributed by atoms with Crippen LogP contribution in [0, 0.1) is 0 Å². The summed E-state index contributed by atoms with van der Waals surface area (Å²) in [4.78, 5) is 17.8. The van der Waals surface area contributed by atoms with E-state index in [-0.39, 0.29) is 5.56 Å². The van der Waals surface area contributed by atoms with Crippen molar-refractivity contribution in [3.63, 3.8) is 0 Å². The van der Waals surface area contributed by atoms with Gasteiger partial charge in [-0.1, -0.05) is 30.3 Å². The second-order valence-corrected chi connectivity index (χ2v) is 7.12. The summed E-state index contributed by atoms with van der Waals surface area (Å²) in [5, 5.41) is 2.67. The number of fused-ring (bicyclic) bond motifs is 8. The van der Waals surface area contributed by atoms with Crippen LogP contribution < -0.4 is 5.56 Å². The first-order valence-corrected chi connectivity index (χ1v) is 8.77. The normalized spacial score (nSPS) is 12.2. The number of para-hydroxylation sites is 2. The van der Waals surface area contributed by atoms with Crippen molar-refractivity contribution in [2.24, 2.45) is 0 Å². The molecule has 4 nitrogen and oxygen atoms in total. The van der Waals surface area contributed by atoms with Crippen molar-refractivity contribution in [2.45, 2.75) is 0 Å². The minimum atomic E-state index is -0.0842. The second kappa shape index (κ2) is 4.46. The maximum absolute atomic E-state index is 13.4. The molecule has 6 rings (SSSR count). The highest BCUT2D eigenvalue weighted by molar-refractivity contribution is 7.26. The second-order valence-electron chi connectivity index (χ2n) is 6.04. The fourth-order valence-corrected chi connectivity index (χ4v) is 4.69. The van der Waals surface area contributed by atoms with Gasteiger partial charge in [0.05, 0.1) is 16.4 Å². The molecule has 3 aromatic heterocycles. The van der Waals surface area contributed by atoms with Gasteiger partial charge in [-0.25, -0.2) is 4.40 Å². The molecule has 0 spiro atoms. The lowest BCUT2D eigenvalue weighted by atomic mass is 10.1. The first-order valence-electron chi connectivity index (χ1n) is 7.95. The average molecular weight is 342 g/mol. The molecule has 0 atom stereocenters. The maximum Gasteiger partial charge on any atom is 0.310 e. The smallest absolute Gasteiger partial charge is 0.310 e. The number of imidazole rings is 1. The van der Waals surface area contributed by atoms with Crippen LogP contribution >= 0.6 is 11.3 Å². The van der Waals surface area contributed by atoms with Crippen LogP contribution in [0.2, 0.25) is 0 Å². The number of nitrogens with zero attached hydrogens (tertiary/aromatic N) is 2. The number of benzene rings is 3. The van der Waals surface area contributed by atoms with E-state index in [1.807, 2.05) is 48.5 Å². The van der Waals surface area contributed by atoms with Crippen LogP contribution in [0.4, 0.5) is 0 Å². The van der Waals surface area contributed by atoms with Gasteiger partial charge >= 0.3 is 5.84 Å². The van der Waals surface area contributed by atoms with Crippen molar-refractivity contribution in [3.8, 4) is 0 Å². The molecule has 0 amide bonds. The summed E-state index contributed by atoms with van der Waals surface area (Å²) < 4.78 is 9.82. The number of rotatable bonds is 0. The maximum atomic E-state index is 13.4. The van der Waals surface area contributed by atoms with Crippen molar-refractivity contribution in [2.75, 3.05) is 0 Å². The predicted molar refractivity (Wildman–Crippen MR) is 102 cm³/mol. The molecule has 0 aliphatic heterocycles. The first kappa shape index (κ1) is 13.1. The Bertz CT molecular complexity index is 1520. The minimum absolute atomic E-state index is 0.0842. The third-order valence-electron chi connectivity index (χ3n) is 4.65. The summed E-state index contributed by atoms with van der Waals surface area (Å²) >= 11 is 1.69. The Morgan fingerprint density at radius 1 is 0.880 bits per heavy atom. The first-order chi connectivity index (χ1) is 12.3. The van der Waals surface area contributed by atoms with Crippen LogP contribution in [0.25, 0.3) is 48.0 Å². The Kier molecular flexibility index (Phi) is 2.35. The number of hydrogen-bond acceptors (Lipinski definition) is 4. The zero-order chi connectivity index (χ0) is 16.5. The van der Waals surface area contributed by atoms with Crippen molar-refractivity contribution < 1.29 is 4.42 Å². The van der Waals surface area contributed by atoms with E-state index < -0.39 is 0 Å². The fraction of sp³-hybridized carbons (Fsp3) is 0. The fourth-order valence-electron chi connectivity index (χ4n) is 3.57. The Morgan fingerprint density at radius 2 is 1.72 bits per heavy atom. The van der Waals surface area contributed by atoms with E-state index in [0.717, 1.165) is 26.5 Å². The lowest BCUT2D eigenvalue weighted by molar-refractivity contribution is 0.617. The van der Waals surface area contributed by atoms with Crippen LogP contribution in [-0.2, 0) is 0 Å². The van der Waals surface area contributed by atoms with Crippen LogP contribution in [-0.4, -0.2) is 9.38 Å². The Balaban J connectivity index is 1.97. The highest BCUT2D eigenvalue weighted by Crippen LogP contribution is 2.37. The van der Waals surface area contributed by atoms with E-state index in [1.54, 1.807) is 15.7 Å². The van der Waals surface area contributed by atoms with Crippen LogP contribution in [0.5, 0.6) is 0 Å². The summed E-state index contributed by atoms with van der Waals surface area (Å²) in [7, 11) is 0. The molecular formula is C20H10N2O2S. The number of aromatic nitrogens is 2. The summed E-state index contributed by atoms with van der Waals surface area (Å²) in [6, 6.07) is 19.6. The molecule has 3 heterocycles. The molecule has 0 saturated carbocycles. The van der Waals surface area contributed by atoms with E-state index in [1.165, 1.54) is 4.70 Å².